The zero-order valence-corrected chi connectivity index (χ0v) is 13.7. The maximum atomic E-state index is 11.5. The third-order valence-corrected chi connectivity index (χ3v) is 2.95. The Balaban J connectivity index is 0.00000120. The molecule has 90 valence electrons. The van der Waals surface area contributed by atoms with E-state index in [1.807, 2.05) is 6.07 Å². The Labute approximate surface area is 128 Å². The Morgan fingerprint density at radius 3 is 2.72 bits per heavy atom. The molecule has 3 rings (SSSR count). The number of nitrogens with two attached hydrogens (primary N) is 2. The summed E-state index contributed by atoms with van der Waals surface area (Å²) in [5.41, 5.74) is 14.8. The van der Waals surface area contributed by atoms with E-state index in [1.54, 1.807) is 12.1 Å². The fourth-order valence-electron chi connectivity index (χ4n) is 2.06. The van der Waals surface area contributed by atoms with Crippen LogP contribution in [-0.4, -0.2) is 0 Å². The molecule has 0 amide bonds. The van der Waals surface area contributed by atoms with Gasteiger partial charge in [-0.3, -0.25) is 0 Å². The van der Waals surface area contributed by atoms with Gasteiger partial charge in [-0.2, -0.15) is 18.2 Å². The Hall–Kier alpha value is -1.31. The Kier molecular flexibility index (Phi) is 3.47. The summed E-state index contributed by atoms with van der Waals surface area (Å²) in [7, 11) is 0. The molecule has 0 saturated heterocycles. The van der Waals surface area contributed by atoms with Crippen LogP contribution in [0.25, 0.3) is 11.1 Å². The zero-order valence-electron chi connectivity index (χ0n) is 9.49. The summed E-state index contributed by atoms with van der Waals surface area (Å²) in [6, 6.07) is 9.69. The first-order valence-corrected chi connectivity index (χ1v) is 5.20. The molecule has 2 aromatic rings. The van der Waals surface area contributed by atoms with E-state index in [-0.39, 0.29) is 49.2 Å². The maximum absolute atomic E-state index is 11.5. The van der Waals surface area contributed by atoms with Crippen molar-refractivity contribution in [1.82, 2.24) is 0 Å². The van der Waals surface area contributed by atoms with Crippen LogP contribution in [0, 0.1) is 37.2 Å². The number of rotatable bonds is 0. The SMILES string of the molecule is Nc1[c-]ccc2c1OCc1c-2ccc([O-])c1N.[U]. The zero-order chi connectivity index (χ0) is 12.0. The van der Waals surface area contributed by atoms with Crippen LogP contribution in [0.4, 0.5) is 11.4 Å². The van der Waals surface area contributed by atoms with Crippen molar-refractivity contribution in [1.29, 1.82) is 0 Å². The molecule has 18 heavy (non-hydrogen) atoms. The van der Waals surface area contributed by atoms with Gasteiger partial charge in [0.25, 0.3) is 0 Å². The van der Waals surface area contributed by atoms with E-state index in [0.717, 1.165) is 16.7 Å². The molecule has 1 aliphatic rings. The fourth-order valence-corrected chi connectivity index (χ4v) is 2.06. The third kappa shape index (κ3) is 1.84. The molecule has 0 atom stereocenters. The van der Waals surface area contributed by atoms with Gasteiger partial charge in [-0.1, -0.05) is 23.4 Å². The van der Waals surface area contributed by atoms with Crippen LogP contribution in [0.2, 0.25) is 0 Å². The second kappa shape index (κ2) is 4.75. The van der Waals surface area contributed by atoms with Crippen molar-refractivity contribution in [3.63, 3.8) is 0 Å². The molecule has 0 radical (unpaired) electrons. The molecule has 0 aliphatic carbocycles. The van der Waals surface area contributed by atoms with Gasteiger partial charge in [-0.25, -0.2) is 0 Å². The van der Waals surface area contributed by atoms with E-state index in [0.29, 0.717) is 11.4 Å². The number of nitrogen functional groups attached to an aromatic ring is 2. The molecular weight excluding hydrogens is 454 g/mol. The first-order valence-electron chi connectivity index (χ1n) is 5.20. The van der Waals surface area contributed by atoms with E-state index >= 15 is 0 Å². The van der Waals surface area contributed by atoms with Gasteiger partial charge in [-0.05, 0) is 11.3 Å². The second-order valence-corrected chi connectivity index (χ2v) is 3.93. The summed E-state index contributed by atoms with van der Waals surface area (Å²) in [4.78, 5) is 0. The summed E-state index contributed by atoms with van der Waals surface area (Å²) >= 11 is 0. The largest absolute Gasteiger partial charge is 0.871 e. The van der Waals surface area contributed by atoms with E-state index in [2.05, 4.69) is 6.07 Å². The topological polar surface area (TPSA) is 84.3 Å². The number of fused-ring (bicyclic) bond motifs is 3. The van der Waals surface area contributed by atoms with Crippen LogP contribution in [0.1, 0.15) is 5.56 Å². The Bertz CT molecular complexity index is 614. The molecule has 1 aliphatic heterocycles. The molecule has 0 bridgehead atoms. The van der Waals surface area contributed by atoms with Crippen molar-refractivity contribution in [2.45, 2.75) is 6.61 Å². The van der Waals surface area contributed by atoms with Crippen molar-refractivity contribution >= 4 is 11.4 Å². The van der Waals surface area contributed by atoms with E-state index in [4.69, 9.17) is 16.2 Å². The van der Waals surface area contributed by atoms with Crippen molar-refractivity contribution in [2.24, 2.45) is 0 Å². The van der Waals surface area contributed by atoms with Crippen molar-refractivity contribution in [3.8, 4) is 22.6 Å². The molecule has 0 saturated carbocycles. The number of anilines is 2. The fraction of sp³-hybridized carbons (Fsp3) is 0.0769. The van der Waals surface area contributed by atoms with Crippen LogP contribution in [0.5, 0.6) is 11.5 Å². The van der Waals surface area contributed by atoms with Gasteiger partial charge in [0.2, 0.25) is 0 Å². The van der Waals surface area contributed by atoms with E-state index in [9.17, 15) is 5.11 Å². The molecule has 0 fully saturated rings. The normalized spacial score (nSPS) is 11.8. The first kappa shape index (κ1) is 13.1. The van der Waals surface area contributed by atoms with E-state index < -0.39 is 0 Å². The number of hydrogen-bond acceptors (Lipinski definition) is 4. The molecule has 1 heterocycles. The smallest absolute Gasteiger partial charge is 0.0994 e. The number of benzene rings is 2. The summed E-state index contributed by atoms with van der Waals surface area (Å²) < 4.78 is 5.54. The first-order chi connectivity index (χ1) is 8.18. The molecule has 0 spiro atoms. The van der Waals surface area contributed by atoms with Crippen molar-refractivity contribution in [2.75, 3.05) is 11.5 Å². The third-order valence-electron chi connectivity index (χ3n) is 2.95. The summed E-state index contributed by atoms with van der Waals surface area (Å²) in [5, 5.41) is 11.5. The quantitative estimate of drug-likeness (QED) is 0.455. The van der Waals surface area contributed by atoms with Gasteiger partial charge >= 0.3 is 0 Å². The Morgan fingerprint density at radius 1 is 1.17 bits per heavy atom. The molecule has 4 N–H and O–H groups in total. The minimum atomic E-state index is -0.175. The summed E-state index contributed by atoms with van der Waals surface area (Å²) in [6.45, 7) is 0.270. The molecule has 5 heteroatoms. The van der Waals surface area contributed by atoms with Gasteiger partial charge in [0.1, 0.15) is 0 Å². The average molecular weight is 464 g/mol. The summed E-state index contributed by atoms with van der Waals surface area (Å²) in [6.07, 6.45) is 0. The van der Waals surface area contributed by atoms with Gasteiger partial charge < -0.3 is 21.3 Å². The minimum absolute atomic E-state index is 0. The van der Waals surface area contributed by atoms with Gasteiger partial charge in [0.15, 0.2) is 0 Å². The van der Waals surface area contributed by atoms with E-state index in [1.165, 1.54) is 6.07 Å². The number of ether oxygens (including phenoxy) is 1. The van der Waals surface area contributed by atoms with Crippen LogP contribution < -0.4 is 21.3 Å². The molecule has 0 unspecified atom stereocenters. The molecular formula is C13H10N2O2U-2. The van der Waals surface area contributed by atoms with Crippen LogP contribution in [0.3, 0.4) is 0 Å². The van der Waals surface area contributed by atoms with Gasteiger partial charge in [0, 0.05) is 48.1 Å². The maximum Gasteiger partial charge on any atom is 0.0994 e. The Morgan fingerprint density at radius 2 is 1.94 bits per heavy atom. The predicted molar refractivity (Wildman–Crippen MR) is 63.3 cm³/mol. The molecule has 0 aromatic heterocycles. The average Bonchev–Trinajstić information content (AvgIpc) is 2.34. The van der Waals surface area contributed by atoms with Crippen LogP contribution in [0.15, 0.2) is 24.3 Å². The predicted octanol–water partition coefficient (Wildman–Crippen LogP) is 1.28. The molecule has 2 aromatic carbocycles. The second-order valence-electron chi connectivity index (χ2n) is 3.93. The monoisotopic (exact) mass is 464 g/mol. The van der Waals surface area contributed by atoms with Gasteiger partial charge in [0.05, 0.1) is 6.61 Å². The summed E-state index contributed by atoms with van der Waals surface area (Å²) in [5.74, 6) is 0.435. The number of hydrogen-bond donors (Lipinski definition) is 2. The molecule has 4 nitrogen and oxygen atoms in total. The van der Waals surface area contributed by atoms with Crippen molar-refractivity contribution < 1.29 is 41.0 Å². The standard InChI is InChI=1S/C13H11N2O2.U/c14-10-3-1-2-8-7-4-5-11(16)12(15)9(7)6-17-13(8)10;/h1-2,4-5,16H,6,14-15H2;/q-1;/p-1. The van der Waals surface area contributed by atoms with Crippen molar-refractivity contribution in [3.05, 3.63) is 35.9 Å². The minimum Gasteiger partial charge on any atom is -0.871 e. The van der Waals surface area contributed by atoms with Gasteiger partial charge in [-0.15, -0.1) is 0 Å². The van der Waals surface area contributed by atoms with Crippen LogP contribution in [-0.2, 0) is 6.61 Å². The van der Waals surface area contributed by atoms with Crippen LogP contribution >= 0.6 is 0 Å².